The van der Waals surface area contributed by atoms with Crippen LogP contribution in [-0.2, 0) is 28.4 Å². The summed E-state index contributed by atoms with van der Waals surface area (Å²) in [5.41, 5.74) is 0.900. The molecule has 3 saturated carbocycles. The van der Waals surface area contributed by atoms with Gasteiger partial charge in [0, 0.05) is 24.2 Å². The van der Waals surface area contributed by atoms with Crippen LogP contribution in [0.1, 0.15) is 92.9 Å². The van der Waals surface area contributed by atoms with Crippen LogP contribution in [0, 0.1) is 46.3 Å². The molecule has 290 valence electrons. The predicted molar refractivity (Wildman–Crippen MR) is 182 cm³/mol. The summed E-state index contributed by atoms with van der Waals surface area (Å²) in [4.78, 5) is 0. The highest BCUT2D eigenvalue weighted by Crippen LogP contribution is 2.71. The minimum absolute atomic E-state index is 0.130. The summed E-state index contributed by atoms with van der Waals surface area (Å²) in [5.74, 6) is 2.06. The van der Waals surface area contributed by atoms with Crippen molar-refractivity contribution in [3.05, 3.63) is 11.6 Å². The van der Waals surface area contributed by atoms with Gasteiger partial charge in [-0.2, -0.15) is 0 Å². The minimum Gasteiger partial charge on any atom is -0.393 e. The third-order valence-corrected chi connectivity index (χ3v) is 15.6. The Morgan fingerprint density at radius 1 is 0.765 bits per heavy atom. The van der Waals surface area contributed by atoms with E-state index in [-0.39, 0.29) is 11.5 Å². The van der Waals surface area contributed by atoms with Crippen molar-refractivity contribution < 1.29 is 59.1 Å². The molecule has 0 aromatic rings. The van der Waals surface area contributed by atoms with Crippen LogP contribution in [0.3, 0.4) is 0 Å². The molecule has 4 saturated heterocycles. The van der Waals surface area contributed by atoms with E-state index < -0.39 is 84.8 Å². The van der Waals surface area contributed by atoms with Crippen molar-refractivity contribution >= 4 is 0 Å². The average Bonchev–Trinajstić information content (AvgIpc) is 3.54. The number of ether oxygens (including phenoxy) is 6. The van der Waals surface area contributed by atoms with E-state index in [1.54, 1.807) is 13.8 Å². The van der Waals surface area contributed by atoms with Gasteiger partial charge in [0.2, 0.25) is 0 Å². The maximum atomic E-state index is 11.3. The maximum absolute atomic E-state index is 11.3. The van der Waals surface area contributed by atoms with Crippen LogP contribution in [0.5, 0.6) is 0 Å². The van der Waals surface area contributed by atoms with E-state index in [0.717, 1.165) is 45.1 Å². The van der Waals surface area contributed by atoms with Crippen molar-refractivity contribution in [2.45, 2.75) is 178 Å². The molecule has 4 aliphatic heterocycles. The van der Waals surface area contributed by atoms with E-state index in [1.165, 1.54) is 5.57 Å². The minimum atomic E-state index is -1.61. The van der Waals surface area contributed by atoms with E-state index >= 15 is 0 Å². The lowest BCUT2D eigenvalue weighted by molar-refractivity contribution is -0.371. The number of rotatable bonds is 4. The van der Waals surface area contributed by atoms with Gasteiger partial charge in [-0.1, -0.05) is 39.3 Å². The third-order valence-electron chi connectivity index (χ3n) is 15.6. The highest BCUT2D eigenvalue weighted by atomic mass is 16.8. The lowest BCUT2D eigenvalue weighted by Crippen LogP contribution is -2.64. The van der Waals surface area contributed by atoms with E-state index in [0.29, 0.717) is 48.3 Å². The summed E-state index contributed by atoms with van der Waals surface area (Å²) in [6.07, 6.45) is -4.22. The number of aliphatic hydroxyl groups excluding tert-OH is 6. The quantitative estimate of drug-likeness (QED) is 0.234. The van der Waals surface area contributed by atoms with Crippen molar-refractivity contribution in [1.29, 1.82) is 0 Å². The monoisotopic (exact) mass is 722 g/mol. The van der Waals surface area contributed by atoms with Crippen LogP contribution in [0.15, 0.2) is 11.6 Å². The molecule has 0 unspecified atom stereocenters. The zero-order chi connectivity index (χ0) is 36.4. The molecule has 0 radical (unpaired) electrons. The Morgan fingerprint density at radius 3 is 2.18 bits per heavy atom. The Labute approximate surface area is 301 Å². The van der Waals surface area contributed by atoms with Gasteiger partial charge in [-0.25, -0.2) is 0 Å². The SMILES string of the molecule is C[C@H]1CC[C@@]2(OC1)O[C@H]1C[C@H]3[C@H]4CC=C5C[C@@H](O)C[C@@H](O[C@@H]6O[C@H](C)[C@H](O)[C@H](O)[C@H]6O[C@@H]6O[C@@H](C)[C@H](O)[C@@H](O)[C@H]6O)[C@]5(C)[C@@H]4CC[C@]3(C)[C@H]1[C@@H]2C. The fourth-order valence-corrected chi connectivity index (χ4v) is 12.6. The molecule has 0 aromatic heterocycles. The summed E-state index contributed by atoms with van der Waals surface area (Å²) in [6, 6.07) is 0. The van der Waals surface area contributed by atoms with Gasteiger partial charge in [0.25, 0.3) is 0 Å². The van der Waals surface area contributed by atoms with Gasteiger partial charge in [-0.3, -0.25) is 0 Å². The molecule has 51 heavy (non-hydrogen) atoms. The third kappa shape index (κ3) is 5.67. The molecule has 4 aliphatic carbocycles. The highest BCUT2D eigenvalue weighted by molar-refractivity contribution is 5.29. The largest absolute Gasteiger partial charge is 0.393 e. The molecular formula is C39H62O12. The van der Waals surface area contributed by atoms with Gasteiger partial charge in [-0.05, 0) is 87.4 Å². The van der Waals surface area contributed by atoms with Gasteiger partial charge in [0.05, 0.1) is 37.1 Å². The molecule has 7 fully saturated rings. The summed E-state index contributed by atoms with van der Waals surface area (Å²) in [7, 11) is 0. The molecule has 8 aliphatic rings. The smallest absolute Gasteiger partial charge is 0.187 e. The number of hydrogen-bond acceptors (Lipinski definition) is 12. The molecule has 22 atom stereocenters. The molecule has 12 nitrogen and oxygen atoms in total. The summed E-state index contributed by atoms with van der Waals surface area (Å²) in [5, 5.41) is 64.8. The lowest BCUT2D eigenvalue weighted by Gasteiger charge is -2.60. The average molecular weight is 723 g/mol. The molecular weight excluding hydrogens is 660 g/mol. The number of fused-ring (bicyclic) bond motifs is 7. The lowest BCUT2D eigenvalue weighted by atomic mass is 9.46. The molecule has 0 amide bonds. The maximum Gasteiger partial charge on any atom is 0.187 e. The summed E-state index contributed by atoms with van der Waals surface area (Å²) < 4.78 is 38.4. The molecule has 8 rings (SSSR count). The first kappa shape index (κ1) is 37.2. The first-order valence-electron chi connectivity index (χ1n) is 19.8. The van der Waals surface area contributed by atoms with Crippen LogP contribution in [0.4, 0.5) is 0 Å². The van der Waals surface area contributed by atoms with Crippen LogP contribution < -0.4 is 0 Å². The molecule has 4 heterocycles. The predicted octanol–water partition coefficient (Wildman–Crippen LogP) is 2.39. The van der Waals surface area contributed by atoms with Gasteiger partial charge in [0.1, 0.15) is 36.6 Å². The van der Waals surface area contributed by atoms with Crippen molar-refractivity contribution in [1.82, 2.24) is 0 Å². The zero-order valence-corrected chi connectivity index (χ0v) is 31.0. The molecule has 1 spiro atoms. The number of aliphatic hydroxyl groups is 6. The molecule has 0 bridgehead atoms. The second-order valence-corrected chi connectivity index (χ2v) is 18.3. The van der Waals surface area contributed by atoms with Crippen LogP contribution in [-0.4, -0.2) is 123 Å². The van der Waals surface area contributed by atoms with E-state index in [4.69, 9.17) is 28.4 Å². The van der Waals surface area contributed by atoms with Gasteiger partial charge < -0.3 is 59.1 Å². The summed E-state index contributed by atoms with van der Waals surface area (Å²) >= 11 is 0. The Morgan fingerprint density at radius 2 is 1.47 bits per heavy atom. The summed E-state index contributed by atoms with van der Waals surface area (Å²) in [6.45, 7) is 13.4. The Bertz CT molecular complexity index is 1320. The van der Waals surface area contributed by atoms with Crippen LogP contribution in [0.25, 0.3) is 0 Å². The highest BCUT2D eigenvalue weighted by Gasteiger charge is 2.69. The molecule has 6 N–H and O–H groups in total. The molecule has 0 aromatic carbocycles. The van der Waals surface area contributed by atoms with Crippen LogP contribution in [0.2, 0.25) is 0 Å². The second-order valence-electron chi connectivity index (χ2n) is 18.3. The fraction of sp³-hybridized carbons (Fsp3) is 0.949. The zero-order valence-electron chi connectivity index (χ0n) is 31.0. The van der Waals surface area contributed by atoms with Crippen LogP contribution >= 0.6 is 0 Å². The Kier molecular flexibility index (Phi) is 9.62. The Balaban J connectivity index is 1.05. The van der Waals surface area contributed by atoms with Crippen molar-refractivity contribution in [3.8, 4) is 0 Å². The fourth-order valence-electron chi connectivity index (χ4n) is 12.6. The second kappa shape index (κ2) is 13.2. The van der Waals surface area contributed by atoms with Crippen molar-refractivity contribution in [3.63, 3.8) is 0 Å². The first-order valence-corrected chi connectivity index (χ1v) is 19.8. The van der Waals surface area contributed by atoms with Crippen molar-refractivity contribution in [2.75, 3.05) is 6.61 Å². The van der Waals surface area contributed by atoms with Gasteiger partial charge in [0.15, 0.2) is 18.4 Å². The standard InChI is InChI=1S/C39H62O12/c1-17-9-12-39(46-16-17)18(2)28-26(51-39)15-25-23-8-7-21-13-22(40)14-27(38(21,6)24(23)10-11-37(25,28)5)49-36-34(32(44)30(42)20(4)48-36)50-35-33(45)31(43)29(41)19(3)47-35/h7,17-20,22-36,40-45H,8-16H2,1-6H3/t17-,18-,19-,20+,22+,23-,24+,25-,26-,27+,28-,29-,30-,31+,32-,33+,34+,35-,36-,37-,38-,39+/m0/s1. The van der Waals surface area contributed by atoms with E-state index in [1.807, 2.05) is 0 Å². The van der Waals surface area contributed by atoms with E-state index in [2.05, 4.69) is 33.8 Å². The molecule has 12 heteroatoms. The first-order chi connectivity index (χ1) is 24.1. The number of allylic oxidation sites excluding steroid dienone is 1. The van der Waals surface area contributed by atoms with Crippen molar-refractivity contribution in [2.24, 2.45) is 46.3 Å². The van der Waals surface area contributed by atoms with Gasteiger partial charge >= 0.3 is 0 Å². The topological polar surface area (TPSA) is 177 Å². The van der Waals surface area contributed by atoms with E-state index in [9.17, 15) is 30.6 Å². The Hall–Kier alpha value is -0.740. The van der Waals surface area contributed by atoms with Gasteiger partial charge in [-0.15, -0.1) is 0 Å². The number of hydrogen-bond donors (Lipinski definition) is 6. The normalized spacial score (nSPS) is 59.8.